The van der Waals surface area contributed by atoms with Crippen molar-refractivity contribution < 1.29 is 19.4 Å². The largest absolute Gasteiger partial charge is 0.504 e. The van der Waals surface area contributed by atoms with E-state index in [1.807, 2.05) is 0 Å². The molecule has 0 radical (unpaired) electrons. The molecular weight excluding hydrogens is 397 g/mol. The van der Waals surface area contributed by atoms with Crippen LogP contribution in [0.5, 0.6) is 11.5 Å². The molecular formula is C18H13Cl2NO4S. The molecule has 2 aromatic carbocycles. The average Bonchev–Trinajstić information content (AvgIpc) is 2.85. The lowest BCUT2D eigenvalue weighted by Crippen LogP contribution is -2.27. The molecule has 0 aromatic heterocycles. The van der Waals surface area contributed by atoms with Crippen molar-refractivity contribution in [3.05, 3.63) is 62.5 Å². The first-order valence-corrected chi connectivity index (χ1v) is 9.02. The van der Waals surface area contributed by atoms with Crippen LogP contribution in [-0.2, 0) is 11.3 Å². The summed E-state index contributed by atoms with van der Waals surface area (Å²) >= 11 is 12.7. The molecule has 0 aliphatic carbocycles. The number of carbonyl (C=O) groups is 2. The molecule has 26 heavy (non-hydrogen) atoms. The topological polar surface area (TPSA) is 66.8 Å². The second-order valence-corrected chi connectivity index (χ2v) is 7.31. The van der Waals surface area contributed by atoms with Gasteiger partial charge in [0.2, 0.25) is 0 Å². The number of phenols is 1. The van der Waals surface area contributed by atoms with Crippen molar-refractivity contribution in [3.63, 3.8) is 0 Å². The third kappa shape index (κ3) is 3.82. The lowest BCUT2D eigenvalue weighted by molar-refractivity contribution is -0.123. The van der Waals surface area contributed by atoms with Gasteiger partial charge in [-0.3, -0.25) is 14.5 Å². The van der Waals surface area contributed by atoms with Gasteiger partial charge in [0, 0.05) is 21.7 Å². The zero-order valence-corrected chi connectivity index (χ0v) is 15.9. The summed E-state index contributed by atoms with van der Waals surface area (Å²) in [6.45, 7) is 0.118. The molecule has 8 heteroatoms. The predicted molar refractivity (Wildman–Crippen MR) is 103 cm³/mol. The molecule has 1 fully saturated rings. The Bertz CT molecular complexity index is 929. The number of imide groups is 1. The Kier molecular flexibility index (Phi) is 5.46. The Morgan fingerprint density at radius 1 is 1.19 bits per heavy atom. The molecule has 5 nitrogen and oxygen atoms in total. The Balaban J connectivity index is 1.89. The van der Waals surface area contributed by atoms with E-state index in [0.29, 0.717) is 15.6 Å². The lowest BCUT2D eigenvalue weighted by Gasteiger charge is -2.12. The van der Waals surface area contributed by atoms with Gasteiger partial charge in [-0.2, -0.15) is 0 Å². The summed E-state index contributed by atoms with van der Waals surface area (Å²) in [5.41, 5.74) is 1.04. The van der Waals surface area contributed by atoms with Crippen LogP contribution in [0.15, 0.2) is 41.3 Å². The first-order valence-electron chi connectivity index (χ1n) is 7.45. The van der Waals surface area contributed by atoms with Gasteiger partial charge < -0.3 is 9.84 Å². The molecule has 0 atom stereocenters. The van der Waals surface area contributed by atoms with Gasteiger partial charge >= 0.3 is 0 Å². The quantitative estimate of drug-likeness (QED) is 0.723. The average molecular weight is 410 g/mol. The van der Waals surface area contributed by atoms with E-state index in [1.54, 1.807) is 24.3 Å². The SMILES string of the molecule is COc1cc(Cl)cc(/C=C2\SC(=O)N(Cc3cccc(Cl)c3)C2=O)c1O. The molecule has 3 rings (SSSR count). The smallest absolute Gasteiger partial charge is 0.293 e. The molecule has 1 N–H and O–H groups in total. The molecule has 1 aliphatic rings. The van der Waals surface area contributed by atoms with Crippen molar-refractivity contribution in [1.82, 2.24) is 4.90 Å². The van der Waals surface area contributed by atoms with E-state index in [0.717, 1.165) is 22.2 Å². The van der Waals surface area contributed by atoms with Crippen LogP contribution in [0.3, 0.4) is 0 Å². The molecule has 0 bridgehead atoms. The number of nitrogens with zero attached hydrogens (tertiary/aromatic N) is 1. The number of hydrogen-bond donors (Lipinski definition) is 1. The van der Waals surface area contributed by atoms with Crippen LogP contribution in [0, 0.1) is 0 Å². The Hall–Kier alpha value is -2.15. The maximum absolute atomic E-state index is 12.6. The molecule has 1 heterocycles. The zero-order chi connectivity index (χ0) is 18.8. The van der Waals surface area contributed by atoms with Gasteiger partial charge in [0.25, 0.3) is 11.1 Å². The monoisotopic (exact) mass is 409 g/mol. The Morgan fingerprint density at radius 3 is 2.65 bits per heavy atom. The summed E-state index contributed by atoms with van der Waals surface area (Å²) < 4.78 is 5.04. The van der Waals surface area contributed by atoms with Gasteiger partial charge in [0.15, 0.2) is 11.5 Å². The van der Waals surface area contributed by atoms with Gasteiger partial charge in [0.1, 0.15) is 0 Å². The minimum absolute atomic E-state index is 0.118. The van der Waals surface area contributed by atoms with E-state index < -0.39 is 11.1 Å². The normalized spacial score (nSPS) is 15.8. The van der Waals surface area contributed by atoms with E-state index in [1.165, 1.54) is 25.3 Å². The maximum atomic E-state index is 12.6. The Labute approximate surface area is 164 Å². The molecule has 134 valence electrons. The third-order valence-electron chi connectivity index (χ3n) is 3.68. The second-order valence-electron chi connectivity index (χ2n) is 5.44. The fourth-order valence-corrected chi connectivity index (χ4v) is 3.71. The number of ether oxygens (including phenoxy) is 1. The van der Waals surface area contributed by atoms with Gasteiger partial charge in [-0.05, 0) is 41.6 Å². The van der Waals surface area contributed by atoms with Crippen molar-refractivity contribution in [1.29, 1.82) is 0 Å². The lowest BCUT2D eigenvalue weighted by atomic mass is 10.1. The van der Waals surface area contributed by atoms with Crippen LogP contribution in [0.2, 0.25) is 10.0 Å². The van der Waals surface area contributed by atoms with Crippen molar-refractivity contribution >= 4 is 52.2 Å². The third-order valence-corrected chi connectivity index (χ3v) is 5.04. The first kappa shape index (κ1) is 18.6. The molecule has 0 spiro atoms. The number of carbonyl (C=O) groups excluding carboxylic acids is 2. The summed E-state index contributed by atoms with van der Waals surface area (Å²) in [5, 5.41) is 10.7. The van der Waals surface area contributed by atoms with Crippen LogP contribution in [0.1, 0.15) is 11.1 Å². The van der Waals surface area contributed by atoms with Crippen molar-refractivity contribution in [2.45, 2.75) is 6.54 Å². The number of phenolic OH excluding ortho intramolecular Hbond substituents is 1. The standard InChI is InChI=1S/C18H13Cl2NO4S/c1-25-14-8-13(20)6-11(16(14)22)7-15-17(23)21(18(24)26-15)9-10-3-2-4-12(19)5-10/h2-8,22H,9H2,1H3/b15-7-. The van der Waals surface area contributed by atoms with Crippen LogP contribution in [-0.4, -0.2) is 28.3 Å². The molecule has 2 amide bonds. The van der Waals surface area contributed by atoms with Crippen LogP contribution in [0.4, 0.5) is 4.79 Å². The van der Waals surface area contributed by atoms with Crippen molar-refractivity contribution in [3.8, 4) is 11.5 Å². The second kappa shape index (κ2) is 7.61. The number of amides is 2. The van der Waals surface area contributed by atoms with Crippen molar-refractivity contribution in [2.75, 3.05) is 7.11 Å². The molecule has 0 unspecified atom stereocenters. The van der Waals surface area contributed by atoms with Gasteiger partial charge in [-0.25, -0.2) is 0 Å². The van der Waals surface area contributed by atoms with E-state index in [4.69, 9.17) is 27.9 Å². The minimum atomic E-state index is -0.446. The van der Waals surface area contributed by atoms with Gasteiger partial charge in [0.05, 0.1) is 18.6 Å². The predicted octanol–water partition coefficient (Wildman–Crippen LogP) is 4.94. The van der Waals surface area contributed by atoms with E-state index in [2.05, 4.69) is 0 Å². The zero-order valence-electron chi connectivity index (χ0n) is 13.5. The number of hydrogen-bond acceptors (Lipinski definition) is 5. The number of aromatic hydroxyl groups is 1. The summed E-state index contributed by atoms with van der Waals surface area (Å²) in [6.07, 6.45) is 1.42. The van der Waals surface area contributed by atoms with Crippen LogP contribution < -0.4 is 4.74 Å². The highest BCUT2D eigenvalue weighted by molar-refractivity contribution is 8.18. The van der Waals surface area contributed by atoms with E-state index in [-0.39, 0.29) is 22.9 Å². The summed E-state index contributed by atoms with van der Waals surface area (Å²) in [6, 6.07) is 9.90. The van der Waals surface area contributed by atoms with Crippen LogP contribution in [0.25, 0.3) is 6.08 Å². The number of methoxy groups -OCH3 is 1. The summed E-state index contributed by atoms with van der Waals surface area (Å²) in [7, 11) is 1.40. The molecule has 0 saturated carbocycles. The highest BCUT2D eigenvalue weighted by atomic mass is 35.5. The highest BCUT2D eigenvalue weighted by Crippen LogP contribution is 2.38. The van der Waals surface area contributed by atoms with Gasteiger partial charge in [-0.15, -0.1) is 0 Å². The molecule has 1 aliphatic heterocycles. The maximum Gasteiger partial charge on any atom is 0.293 e. The fourth-order valence-electron chi connectivity index (χ4n) is 2.46. The number of halogens is 2. The molecule has 1 saturated heterocycles. The highest BCUT2D eigenvalue weighted by Gasteiger charge is 2.35. The minimum Gasteiger partial charge on any atom is -0.504 e. The molecule has 2 aromatic rings. The van der Waals surface area contributed by atoms with E-state index in [9.17, 15) is 14.7 Å². The number of benzene rings is 2. The van der Waals surface area contributed by atoms with Gasteiger partial charge in [-0.1, -0.05) is 35.3 Å². The van der Waals surface area contributed by atoms with Crippen molar-refractivity contribution in [2.24, 2.45) is 0 Å². The Morgan fingerprint density at radius 2 is 1.96 bits per heavy atom. The first-order chi connectivity index (χ1) is 12.4. The van der Waals surface area contributed by atoms with Crippen LogP contribution >= 0.6 is 35.0 Å². The number of thioether (sulfide) groups is 1. The fraction of sp³-hybridized carbons (Fsp3) is 0.111. The number of rotatable bonds is 4. The summed E-state index contributed by atoms with van der Waals surface area (Å²) in [5.74, 6) is -0.418. The summed E-state index contributed by atoms with van der Waals surface area (Å²) in [4.78, 5) is 26.1. The van der Waals surface area contributed by atoms with E-state index >= 15 is 0 Å².